The summed E-state index contributed by atoms with van der Waals surface area (Å²) in [6.45, 7) is -0.634. The number of phenols is 1. The first-order valence-electron chi connectivity index (χ1n) is 3.90. The van der Waals surface area contributed by atoms with Gasteiger partial charge in [-0.3, -0.25) is 4.79 Å². The normalized spacial score (nSPS) is 11.5. The van der Waals surface area contributed by atoms with Gasteiger partial charge in [0.25, 0.3) is 5.78 Å². The van der Waals surface area contributed by atoms with E-state index in [4.69, 9.17) is 10.2 Å². The summed E-state index contributed by atoms with van der Waals surface area (Å²) in [4.78, 5) is 10.8. The van der Waals surface area contributed by atoms with E-state index in [0.717, 1.165) is 18.2 Å². The van der Waals surface area contributed by atoms with Crippen molar-refractivity contribution in [2.75, 3.05) is 0 Å². The van der Waals surface area contributed by atoms with Crippen molar-refractivity contribution >= 4 is 5.78 Å². The fraction of sp³-hybridized carbons (Fsp3) is 0.222. The minimum atomic E-state index is -4.95. The van der Waals surface area contributed by atoms with Gasteiger partial charge in [-0.15, -0.1) is 0 Å². The van der Waals surface area contributed by atoms with Gasteiger partial charge >= 0.3 is 6.18 Å². The zero-order valence-corrected chi connectivity index (χ0v) is 7.38. The van der Waals surface area contributed by atoms with E-state index in [0.29, 0.717) is 0 Å². The molecule has 0 amide bonds. The van der Waals surface area contributed by atoms with Gasteiger partial charge in [-0.2, -0.15) is 13.2 Å². The molecule has 2 N–H and O–H groups in total. The second-order valence-corrected chi connectivity index (χ2v) is 2.83. The predicted molar refractivity (Wildman–Crippen MR) is 44.4 cm³/mol. The Bertz CT molecular complexity index is 385. The summed E-state index contributed by atoms with van der Waals surface area (Å²) in [5.74, 6) is -2.35. The lowest BCUT2D eigenvalue weighted by molar-refractivity contribution is -0.0885. The van der Waals surface area contributed by atoms with Gasteiger partial charge in [-0.25, -0.2) is 0 Å². The van der Waals surface area contributed by atoms with Crippen molar-refractivity contribution in [1.29, 1.82) is 0 Å². The number of carbonyl (C=O) groups is 1. The Hall–Kier alpha value is -1.56. The summed E-state index contributed by atoms with van der Waals surface area (Å²) in [5.41, 5.74) is -0.727. The molecule has 0 aliphatic carbocycles. The molecule has 0 aliphatic heterocycles. The lowest BCUT2D eigenvalue weighted by atomic mass is 10.1. The van der Waals surface area contributed by atoms with Gasteiger partial charge < -0.3 is 10.2 Å². The molecule has 3 nitrogen and oxygen atoms in total. The average Bonchev–Trinajstić information content (AvgIpc) is 2.16. The molecule has 82 valence electrons. The number of Topliss-reactive ketones (excluding diaryl/α,β-unsaturated/α-hetero) is 1. The van der Waals surface area contributed by atoms with Crippen LogP contribution in [0.5, 0.6) is 5.75 Å². The molecular weight excluding hydrogens is 213 g/mol. The van der Waals surface area contributed by atoms with Crippen LogP contribution < -0.4 is 0 Å². The third-order valence-corrected chi connectivity index (χ3v) is 1.77. The van der Waals surface area contributed by atoms with Gasteiger partial charge in [-0.1, -0.05) is 0 Å². The largest absolute Gasteiger partial charge is 0.508 e. The monoisotopic (exact) mass is 220 g/mol. The van der Waals surface area contributed by atoms with Crippen molar-refractivity contribution in [3.63, 3.8) is 0 Å². The topological polar surface area (TPSA) is 57.5 Å². The molecular formula is C9H7F3O3. The van der Waals surface area contributed by atoms with Crippen molar-refractivity contribution in [2.24, 2.45) is 0 Å². The molecule has 0 aliphatic rings. The van der Waals surface area contributed by atoms with Crippen molar-refractivity contribution in [2.45, 2.75) is 12.8 Å². The Kier molecular flexibility index (Phi) is 2.99. The third-order valence-electron chi connectivity index (χ3n) is 1.77. The number of carbonyl (C=O) groups excluding carboxylic acids is 1. The van der Waals surface area contributed by atoms with Crippen LogP contribution >= 0.6 is 0 Å². The molecule has 6 heteroatoms. The summed E-state index contributed by atoms with van der Waals surface area (Å²) in [6.07, 6.45) is -4.95. The lowest BCUT2D eigenvalue weighted by Gasteiger charge is -2.07. The third kappa shape index (κ3) is 2.47. The van der Waals surface area contributed by atoms with Crippen LogP contribution in [0.4, 0.5) is 13.2 Å². The van der Waals surface area contributed by atoms with Gasteiger partial charge in [0.1, 0.15) is 5.75 Å². The fourth-order valence-electron chi connectivity index (χ4n) is 1.02. The van der Waals surface area contributed by atoms with Crippen LogP contribution in [0.3, 0.4) is 0 Å². The molecule has 15 heavy (non-hydrogen) atoms. The summed E-state index contributed by atoms with van der Waals surface area (Å²) < 4.78 is 36.0. The molecule has 0 atom stereocenters. The molecule has 0 saturated heterocycles. The summed E-state index contributed by atoms with van der Waals surface area (Å²) >= 11 is 0. The van der Waals surface area contributed by atoms with Crippen molar-refractivity contribution < 1.29 is 28.2 Å². The van der Waals surface area contributed by atoms with Crippen LogP contribution in [0, 0.1) is 0 Å². The van der Waals surface area contributed by atoms with E-state index in [1.165, 1.54) is 0 Å². The molecule has 1 rings (SSSR count). The number of benzene rings is 1. The van der Waals surface area contributed by atoms with Crippen LogP contribution in [-0.4, -0.2) is 22.2 Å². The lowest BCUT2D eigenvalue weighted by Crippen LogP contribution is -2.22. The van der Waals surface area contributed by atoms with E-state index in [1.807, 2.05) is 0 Å². The summed E-state index contributed by atoms with van der Waals surface area (Å²) in [5, 5.41) is 17.7. The molecule has 0 radical (unpaired) electrons. The number of aliphatic hydroxyl groups is 1. The molecule has 0 bridgehead atoms. The molecule has 1 aromatic carbocycles. The maximum atomic E-state index is 12.0. The van der Waals surface area contributed by atoms with Crippen molar-refractivity contribution in [3.8, 4) is 5.75 Å². The Morgan fingerprint density at radius 3 is 2.40 bits per heavy atom. The molecule has 0 saturated carbocycles. The Morgan fingerprint density at radius 1 is 1.33 bits per heavy atom. The average molecular weight is 220 g/mol. The first kappa shape index (κ1) is 11.5. The Morgan fingerprint density at radius 2 is 1.93 bits per heavy atom. The standard InChI is InChI=1S/C9H7F3O3/c10-9(11,12)8(15)5-1-2-7(14)6(3-5)4-13/h1-3,13-14H,4H2. The van der Waals surface area contributed by atoms with Crippen LogP contribution in [0.1, 0.15) is 15.9 Å². The van der Waals surface area contributed by atoms with Gasteiger partial charge in [0.15, 0.2) is 0 Å². The maximum absolute atomic E-state index is 12.0. The number of aromatic hydroxyl groups is 1. The molecule has 0 aromatic heterocycles. The van der Waals surface area contributed by atoms with E-state index in [-0.39, 0.29) is 11.3 Å². The second-order valence-electron chi connectivity index (χ2n) is 2.83. The summed E-state index contributed by atoms with van der Waals surface area (Å²) in [6, 6.07) is 2.60. The van der Waals surface area contributed by atoms with Crippen LogP contribution in [0.25, 0.3) is 0 Å². The highest BCUT2D eigenvalue weighted by Gasteiger charge is 2.39. The molecule has 0 unspecified atom stereocenters. The second kappa shape index (κ2) is 3.90. The van der Waals surface area contributed by atoms with Crippen molar-refractivity contribution in [1.82, 2.24) is 0 Å². The van der Waals surface area contributed by atoms with E-state index in [9.17, 15) is 18.0 Å². The van der Waals surface area contributed by atoms with E-state index >= 15 is 0 Å². The first-order chi connectivity index (χ1) is 6.86. The zero-order valence-electron chi connectivity index (χ0n) is 7.38. The number of halogens is 3. The van der Waals surface area contributed by atoms with E-state index in [1.54, 1.807) is 0 Å². The number of hydrogen-bond donors (Lipinski definition) is 2. The van der Waals surface area contributed by atoms with E-state index < -0.39 is 24.1 Å². The van der Waals surface area contributed by atoms with Gasteiger partial charge in [0, 0.05) is 11.1 Å². The number of ketones is 1. The van der Waals surface area contributed by atoms with Gasteiger partial charge in [0.2, 0.25) is 0 Å². The highest BCUT2D eigenvalue weighted by atomic mass is 19.4. The molecule has 0 heterocycles. The zero-order chi connectivity index (χ0) is 11.6. The van der Waals surface area contributed by atoms with Gasteiger partial charge in [0.05, 0.1) is 6.61 Å². The number of aliphatic hydroxyl groups excluding tert-OH is 1. The fourth-order valence-corrected chi connectivity index (χ4v) is 1.02. The predicted octanol–water partition coefficient (Wildman–Crippen LogP) is 1.63. The SMILES string of the molecule is O=C(c1ccc(O)c(CO)c1)C(F)(F)F. The van der Waals surface area contributed by atoms with Crippen molar-refractivity contribution in [3.05, 3.63) is 29.3 Å². The minimum absolute atomic E-state index is 0.120. The highest BCUT2D eigenvalue weighted by molar-refractivity contribution is 6.00. The smallest absolute Gasteiger partial charge is 0.454 e. The highest BCUT2D eigenvalue weighted by Crippen LogP contribution is 2.25. The first-order valence-corrected chi connectivity index (χ1v) is 3.90. The van der Waals surface area contributed by atoms with Crippen LogP contribution in [-0.2, 0) is 6.61 Å². The van der Waals surface area contributed by atoms with Crippen LogP contribution in [0.15, 0.2) is 18.2 Å². The number of rotatable bonds is 2. The Balaban J connectivity index is 3.12. The van der Waals surface area contributed by atoms with E-state index in [2.05, 4.69) is 0 Å². The number of hydrogen-bond acceptors (Lipinski definition) is 3. The number of alkyl halides is 3. The maximum Gasteiger partial charge on any atom is 0.454 e. The minimum Gasteiger partial charge on any atom is -0.508 e. The molecule has 0 fully saturated rings. The van der Waals surface area contributed by atoms with Crippen LogP contribution in [0.2, 0.25) is 0 Å². The van der Waals surface area contributed by atoms with Gasteiger partial charge in [-0.05, 0) is 18.2 Å². The Labute approximate surface area is 82.8 Å². The molecule has 0 spiro atoms. The molecule has 1 aromatic rings. The summed E-state index contributed by atoms with van der Waals surface area (Å²) in [7, 11) is 0. The quantitative estimate of drug-likeness (QED) is 0.744.